The molecule has 2 nitrogen and oxygen atoms in total. The van der Waals surface area contributed by atoms with Gasteiger partial charge in [-0.1, -0.05) is 13.8 Å². The number of hydrogen-bond donors (Lipinski definition) is 0. The third kappa shape index (κ3) is 0.591. The van der Waals surface area contributed by atoms with Crippen molar-refractivity contribution in [2.75, 3.05) is 13.2 Å². The Balaban J connectivity index is 2.21. The Hall–Kier alpha value is -0.660. The van der Waals surface area contributed by atoms with E-state index in [-0.39, 0.29) is 0 Å². The fourth-order valence-electron chi connectivity index (χ4n) is 1.52. The van der Waals surface area contributed by atoms with Gasteiger partial charge in [0.15, 0.2) is 0 Å². The van der Waals surface area contributed by atoms with Crippen LogP contribution in [-0.2, 0) is 9.47 Å². The van der Waals surface area contributed by atoms with Crippen LogP contribution in [0.5, 0.6) is 0 Å². The Morgan fingerprint density at radius 3 is 1.80 bits per heavy atom. The molecule has 2 unspecified atom stereocenters. The van der Waals surface area contributed by atoms with Crippen LogP contribution in [0.3, 0.4) is 0 Å². The minimum atomic E-state index is 0.579. The highest BCUT2D eigenvalue weighted by atomic mass is 16.6. The fraction of sp³-hybridized carbons (Fsp3) is 0.750. The second-order valence-electron chi connectivity index (χ2n) is 3.00. The lowest BCUT2D eigenvalue weighted by molar-refractivity contribution is -0.0143. The maximum atomic E-state index is 5.41. The Morgan fingerprint density at radius 1 is 1.00 bits per heavy atom. The van der Waals surface area contributed by atoms with E-state index in [1.165, 1.54) is 0 Å². The zero-order valence-electron chi connectivity index (χ0n) is 6.39. The van der Waals surface area contributed by atoms with Gasteiger partial charge in [-0.2, -0.15) is 0 Å². The topological polar surface area (TPSA) is 18.5 Å². The van der Waals surface area contributed by atoms with Gasteiger partial charge in [-0.25, -0.2) is 0 Å². The quantitative estimate of drug-likeness (QED) is 0.508. The predicted molar refractivity (Wildman–Crippen MR) is 37.3 cm³/mol. The van der Waals surface area contributed by atoms with Crippen LogP contribution in [0, 0.1) is 11.8 Å². The van der Waals surface area contributed by atoms with Crippen molar-refractivity contribution in [2.24, 2.45) is 11.8 Å². The van der Waals surface area contributed by atoms with Crippen molar-refractivity contribution < 1.29 is 9.47 Å². The van der Waals surface area contributed by atoms with Crippen LogP contribution >= 0.6 is 0 Å². The van der Waals surface area contributed by atoms with Gasteiger partial charge in [-0.3, -0.25) is 0 Å². The summed E-state index contributed by atoms with van der Waals surface area (Å²) < 4.78 is 10.8. The lowest BCUT2D eigenvalue weighted by Crippen LogP contribution is -2.34. The maximum absolute atomic E-state index is 5.41. The molecule has 2 heteroatoms. The van der Waals surface area contributed by atoms with Crippen molar-refractivity contribution in [3.63, 3.8) is 0 Å². The average molecular weight is 140 g/mol. The summed E-state index contributed by atoms with van der Waals surface area (Å²) in [6, 6.07) is 0. The van der Waals surface area contributed by atoms with E-state index in [0.717, 1.165) is 24.7 Å². The largest absolute Gasteiger partial charge is 0.491 e. The first-order valence-electron chi connectivity index (χ1n) is 3.80. The summed E-state index contributed by atoms with van der Waals surface area (Å²) in [6.45, 7) is 5.82. The van der Waals surface area contributed by atoms with E-state index >= 15 is 0 Å². The molecule has 1 aliphatic heterocycles. The van der Waals surface area contributed by atoms with E-state index in [4.69, 9.17) is 9.47 Å². The zero-order chi connectivity index (χ0) is 7.14. The molecule has 0 fully saturated rings. The molecule has 0 aromatic rings. The SMILES string of the molecule is CC1C2=C(OCCO2)C1C. The maximum Gasteiger partial charge on any atom is 0.137 e. The molecule has 0 saturated carbocycles. The van der Waals surface area contributed by atoms with Gasteiger partial charge in [0.05, 0.1) is 0 Å². The second-order valence-corrected chi connectivity index (χ2v) is 3.00. The summed E-state index contributed by atoms with van der Waals surface area (Å²) in [7, 11) is 0. The average Bonchev–Trinajstić information content (AvgIpc) is 2.03. The molecule has 10 heavy (non-hydrogen) atoms. The van der Waals surface area contributed by atoms with Gasteiger partial charge in [0, 0.05) is 11.8 Å². The molecule has 56 valence electrons. The Kier molecular flexibility index (Phi) is 1.16. The molecule has 0 spiro atoms. The minimum absolute atomic E-state index is 0.579. The highest BCUT2D eigenvalue weighted by molar-refractivity contribution is 5.22. The molecule has 0 amide bonds. The first-order chi connectivity index (χ1) is 4.80. The Labute approximate surface area is 60.8 Å². The van der Waals surface area contributed by atoms with Gasteiger partial charge in [-0.05, 0) is 0 Å². The van der Waals surface area contributed by atoms with Crippen LogP contribution in [0.15, 0.2) is 11.5 Å². The summed E-state index contributed by atoms with van der Waals surface area (Å²) in [5, 5.41) is 0. The summed E-state index contributed by atoms with van der Waals surface area (Å²) in [5.41, 5.74) is 0. The van der Waals surface area contributed by atoms with Gasteiger partial charge in [0.25, 0.3) is 0 Å². The van der Waals surface area contributed by atoms with E-state index < -0.39 is 0 Å². The van der Waals surface area contributed by atoms with Gasteiger partial charge >= 0.3 is 0 Å². The predicted octanol–water partition coefficient (Wildman–Crippen LogP) is 1.53. The van der Waals surface area contributed by atoms with Crippen molar-refractivity contribution in [1.29, 1.82) is 0 Å². The summed E-state index contributed by atoms with van der Waals surface area (Å²) in [6.07, 6.45) is 0. The highest BCUT2D eigenvalue weighted by Crippen LogP contribution is 2.42. The van der Waals surface area contributed by atoms with Crippen molar-refractivity contribution in [2.45, 2.75) is 13.8 Å². The molecule has 0 saturated heterocycles. The molecule has 0 aromatic heterocycles. The summed E-state index contributed by atoms with van der Waals surface area (Å²) in [5.74, 6) is 3.35. The fourth-order valence-corrected chi connectivity index (χ4v) is 1.52. The highest BCUT2D eigenvalue weighted by Gasteiger charge is 2.39. The van der Waals surface area contributed by atoms with Crippen molar-refractivity contribution in [3.05, 3.63) is 11.5 Å². The molecule has 2 aliphatic rings. The smallest absolute Gasteiger partial charge is 0.137 e. The third-order valence-corrected chi connectivity index (χ3v) is 2.42. The van der Waals surface area contributed by atoms with Gasteiger partial charge in [0.2, 0.25) is 0 Å². The molecule has 1 aliphatic carbocycles. The number of rotatable bonds is 0. The number of hydrogen-bond acceptors (Lipinski definition) is 2. The molecular weight excluding hydrogens is 128 g/mol. The van der Waals surface area contributed by atoms with Crippen LogP contribution < -0.4 is 0 Å². The van der Waals surface area contributed by atoms with E-state index in [1.807, 2.05) is 0 Å². The van der Waals surface area contributed by atoms with Crippen molar-refractivity contribution in [3.8, 4) is 0 Å². The minimum Gasteiger partial charge on any atom is -0.491 e. The summed E-state index contributed by atoms with van der Waals surface area (Å²) in [4.78, 5) is 0. The van der Waals surface area contributed by atoms with E-state index in [0.29, 0.717) is 11.8 Å². The third-order valence-electron chi connectivity index (χ3n) is 2.42. The number of allylic oxidation sites excluding steroid dienone is 2. The van der Waals surface area contributed by atoms with Crippen LogP contribution in [-0.4, -0.2) is 13.2 Å². The molecule has 0 aromatic carbocycles. The monoisotopic (exact) mass is 140 g/mol. The summed E-state index contributed by atoms with van der Waals surface area (Å²) >= 11 is 0. The molecule has 0 N–H and O–H groups in total. The molecule has 1 heterocycles. The molecule has 0 radical (unpaired) electrons. The normalized spacial score (nSPS) is 37.4. The van der Waals surface area contributed by atoms with Crippen LogP contribution in [0.2, 0.25) is 0 Å². The van der Waals surface area contributed by atoms with Gasteiger partial charge < -0.3 is 9.47 Å². The zero-order valence-corrected chi connectivity index (χ0v) is 6.39. The Bertz CT molecular complexity index is 164. The van der Waals surface area contributed by atoms with Crippen molar-refractivity contribution >= 4 is 0 Å². The standard InChI is InChI=1S/C8H12O2/c1-5-6(2)8-7(5)9-3-4-10-8/h5-6H,3-4H2,1-2H3. The molecular formula is C8H12O2. The van der Waals surface area contributed by atoms with Crippen molar-refractivity contribution in [1.82, 2.24) is 0 Å². The lowest BCUT2D eigenvalue weighted by Gasteiger charge is -2.39. The lowest BCUT2D eigenvalue weighted by atomic mass is 9.80. The van der Waals surface area contributed by atoms with E-state index in [2.05, 4.69) is 13.8 Å². The first-order valence-corrected chi connectivity index (χ1v) is 3.80. The van der Waals surface area contributed by atoms with E-state index in [1.54, 1.807) is 0 Å². The van der Waals surface area contributed by atoms with Gasteiger partial charge in [0.1, 0.15) is 24.7 Å². The number of ether oxygens (including phenoxy) is 2. The molecule has 2 rings (SSSR count). The first kappa shape index (κ1) is 6.08. The second kappa shape index (κ2) is 1.91. The van der Waals surface area contributed by atoms with Crippen LogP contribution in [0.25, 0.3) is 0 Å². The van der Waals surface area contributed by atoms with Crippen LogP contribution in [0.1, 0.15) is 13.8 Å². The molecule has 2 atom stereocenters. The van der Waals surface area contributed by atoms with E-state index in [9.17, 15) is 0 Å². The van der Waals surface area contributed by atoms with Gasteiger partial charge in [-0.15, -0.1) is 0 Å². The molecule has 0 bridgehead atoms. The van der Waals surface area contributed by atoms with Crippen LogP contribution in [0.4, 0.5) is 0 Å². The Morgan fingerprint density at radius 2 is 1.40 bits per heavy atom.